The molecule has 0 saturated carbocycles. The first-order valence-corrected chi connectivity index (χ1v) is 5.66. The predicted molar refractivity (Wildman–Crippen MR) is 62.3 cm³/mol. The van der Waals surface area contributed by atoms with Crippen LogP contribution in [0.25, 0.3) is 0 Å². The lowest BCUT2D eigenvalue weighted by atomic mass is 10.1. The SMILES string of the molecule is C=CCCC(NCC)c1ccc(Br)o1. The van der Waals surface area contributed by atoms with Gasteiger partial charge in [-0.1, -0.05) is 13.0 Å². The minimum absolute atomic E-state index is 0.296. The van der Waals surface area contributed by atoms with Crippen LogP contribution in [-0.2, 0) is 0 Å². The van der Waals surface area contributed by atoms with Crippen molar-refractivity contribution in [2.45, 2.75) is 25.8 Å². The molecular weight excluding hydrogens is 242 g/mol. The summed E-state index contributed by atoms with van der Waals surface area (Å²) in [5.74, 6) is 0.987. The lowest BCUT2D eigenvalue weighted by Crippen LogP contribution is -2.20. The smallest absolute Gasteiger partial charge is 0.169 e. The van der Waals surface area contributed by atoms with Crippen molar-refractivity contribution >= 4 is 15.9 Å². The van der Waals surface area contributed by atoms with E-state index < -0.39 is 0 Å². The molecule has 0 saturated heterocycles. The highest BCUT2D eigenvalue weighted by molar-refractivity contribution is 9.10. The number of furan rings is 1. The van der Waals surface area contributed by atoms with Gasteiger partial charge in [-0.15, -0.1) is 6.58 Å². The van der Waals surface area contributed by atoms with E-state index >= 15 is 0 Å². The van der Waals surface area contributed by atoms with Crippen molar-refractivity contribution in [3.8, 4) is 0 Å². The Kier molecular flexibility index (Phi) is 4.98. The van der Waals surface area contributed by atoms with Gasteiger partial charge in [0.2, 0.25) is 0 Å². The van der Waals surface area contributed by atoms with Gasteiger partial charge >= 0.3 is 0 Å². The molecule has 1 atom stereocenters. The minimum Gasteiger partial charge on any atom is -0.453 e. The predicted octanol–water partition coefficient (Wildman–Crippen LogP) is 3.66. The van der Waals surface area contributed by atoms with Crippen LogP contribution in [0.2, 0.25) is 0 Å². The third kappa shape index (κ3) is 3.31. The fourth-order valence-electron chi connectivity index (χ4n) is 1.39. The van der Waals surface area contributed by atoms with Crippen molar-refractivity contribution in [3.05, 3.63) is 35.2 Å². The Morgan fingerprint density at radius 1 is 1.64 bits per heavy atom. The molecule has 1 aromatic heterocycles. The fourth-order valence-corrected chi connectivity index (χ4v) is 1.71. The lowest BCUT2D eigenvalue weighted by molar-refractivity contribution is 0.393. The van der Waals surface area contributed by atoms with E-state index in [-0.39, 0.29) is 0 Å². The van der Waals surface area contributed by atoms with Crippen LogP contribution in [0.4, 0.5) is 0 Å². The molecule has 0 aliphatic carbocycles. The third-order valence-electron chi connectivity index (χ3n) is 2.05. The van der Waals surface area contributed by atoms with E-state index in [0.29, 0.717) is 6.04 Å². The van der Waals surface area contributed by atoms with Gasteiger partial charge in [-0.25, -0.2) is 0 Å². The summed E-state index contributed by atoms with van der Waals surface area (Å²) in [6.07, 6.45) is 3.95. The first kappa shape index (κ1) is 11.5. The Balaban J connectivity index is 2.61. The molecule has 0 aromatic carbocycles. The number of hydrogen-bond acceptors (Lipinski definition) is 2. The lowest BCUT2D eigenvalue weighted by Gasteiger charge is -2.13. The molecule has 0 aliphatic heterocycles. The third-order valence-corrected chi connectivity index (χ3v) is 2.47. The van der Waals surface area contributed by atoms with E-state index in [1.54, 1.807) is 0 Å². The van der Waals surface area contributed by atoms with Crippen molar-refractivity contribution in [1.29, 1.82) is 0 Å². The second kappa shape index (κ2) is 6.04. The second-order valence-electron chi connectivity index (χ2n) is 3.12. The van der Waals surface area contributed by atoms with Crippen LogP contribution in [0.1, 0.15) is 31.6 Å². The Bertz CT molecular complexity index is 283. The summed E-state index contributed by atoms with van der Waals surface area (Å²) in [7, 11) is 0. The fraction of sp³-hybridized carbons (Fsp3) is 0.455. The highest BCUT2D eigenvalue weighted by atomic mass is 79.9. The summed E-state index contributed by atoms with van der Waals surface area (Å²) < 4.78 is 6.30. The van der Waals surface area contributed by atoms with E-state index in [1.165, 1.54) is 0 Å². The first-order chi connectivity index (χ1) is 6.77. The molecule has 78 valence electrons. The number of allylic oxidation sites excluding steroid dienone is 1. The molecule has 2 nitrogen and oxygen atoms in total. The maximum Gasteiger partial charge on any atom is 0.169 e. The largest absolute Gasteiger partial charge is 0.453 e. The molecule has 1 N–H and O–H groups in total. The van der Waals surface area contributed by atoms with Crippen LogP contribution in [0.15, 0.2) is 33.9 Å². The van der Waals surface area contributed by atoms with Crippen LogP contribution in [0, 0.1) is 0 Å². The van der Waals surface area contributed by atoms with Crippen molar-refractivity contribution in [2.75, 3.05) is 6.54 Å². The zero-order valence-electron chi connectivity index (χ0n) is 8.42. The van der Waals surface area contributed by atoms with Gasteiger partial charge in [0, 0.05) is 0 Å². The van der Waals surface area contributed by atoms with Gasteiger partial charge < -0.3 is 9.73 Å². The summed E-state index contributed by atoms with van der Waals surface area (Å²) in [6.45, 7) is 6.76. The molecular formula is C11H16BrNO. The Labute approximate surface area is 93.5 Å². The zero-order valence-corrected chi connectivity index (χ0v) is 10.0. The standard InChI is InChI=1S/C11H16BrNO/c1-3-5-6-9(13-4-2)10-7-8-11(12)14-10/h3,7-9,13H,1,4-6H2,2H3. The Hall–Kier alpha value is -0.540. The molecule has 0 spiro atoms. The van der Waals surface area contributed by atoms with Gasteiger partial charge in [-0.3, -0.25) is 0 Å². The highest BCUT2D eigenvalue weighted by Crippen LogP contribution is 2.23. The van der Waals surface area contributed by atoms with E-state index in [0.717, 1.165) is 29.8 Å². The molecule has 0 amide bonds. The summed E-state index contributed by atoms with van der Waals surface area (Å²) in [5.41, 5.74) is 0. The molecule has 0 fully saturated rings. The number of hydrogen-bond donors (Lipinski definition) is 1. The Morgan fingerprint density at radius 2 is 2.43 bits per heavy atom. The van der Waals surface area contributed by atoms with E-state index in [1.807, 2.05) is 18.2 Å². The molecule has 0 aliphatic rings. The molecule has 1 unspecified atom stereocenters. The van der Waals surface area contributed by atoms with E-state index in [9.17, 15) is 0 Å². The van der Waals surface area contributed by atoms with Crippen molar-refractivity contribution < 1.29 is 4.42 Å². The number of nitrogens with one attached hydrogen (secondary N) is 1. The van der Waals surface area contributed by atoms with E-state index in [4.69, 9.17) is 4.42 Å². The molecule has 0 radical (unpaired) electrons. The minimum atomic E-state index is 0.296. The van der Waals surface area contributed by atoms with Crippen LogP contribution in [-0.4, -0.2) is 6.54 Å². The van der Waals surface area contributed by atoms with Gasteiger partial charge in [0.25, 0.3) is 0 Å². The van der Waals surface area contributed by atoms with Crippen LogP contribution >= 0.6 is 15.9 Å². The summed E-state index contributed by atoms with van der Waals surface area (Å²) in [4.78, 5) is 0. The molecule has 1 heterocycles. The average molecular weight is 258 g/mol. The molecule has 1 aromatic rings. The van der Waals surface area contributed by atoms with Crippen LogP contribution in [0.3, 0.4) is 0 Å². The summed E-state index contributed by atoms with van der Waals surface area (Å²) in [6, 6.07) is 4.22. The van der Waals surface area contributed by atoms with Crippen LogP contribution in [0.5, 0.6) is 0 Å². The maximum absolute atomic E-state index is 5.52. The number of halogens is 1. The molecule has 3 heteroatoms. The Morgan fingerprint density at radius 3 is 2.93 bits per heavy atom. The van der Waals surface area contributed by atoms with Gasteiger partial charge in [0.1, 0.15) is 5.76 Å². The topological polar surface area (TPSA) is 25.2 Å². The number of rotatable bonds is 6. The van der Waals surface area contributed by atoms with Gasteiger partial charge in [0.05, 0.1) is 6.04 Å². The highest BCUT2D eigenvalue weighted by Gasteiger charge is 2.12. The van der Waals surface area contributed by atoms with Crippen molar-refractivity contribution in [1.82, 2.24) is 5.32 Å². The maximum atomic E-state index is 5.52. The van der Waals surface area contributed by atoms with Crippen molar-refractivity contribution in [3.63, 3.8) is 0 Å². The zero-order chi connectivity index (χ0) is 10.4. The summed E-state index contributed by atoms with van der Waals surface area (Å²) >= 11 is 3.31. The van der Waals surface area contributed by atoms with Gasteiger partial charge in [-0.05, 0) is 47.4 Å². The van der Waals surface area contributed by atoms with Gasteiger partial charge in [-0.2, -0.15) is 0 Å². The average Bonchev–Trinajstić information content (AvgIpc) is 2.59. The van der Waals surface area contributed by atoms with Crippen molar-refractivity contribution in [2.24, 2.45) is 0 Å². The van der Waals surface area contributed by atoms with E-state index in [2.05, 4.69) is 34.7 Å². The molecule has 0 bridgehead atoms. The quantitative estimate of drug-likeness (QED) is 0.788. The monoisotopic (exact) mass is 257 g/mol. The molecule has 14 heavy (non-hydrogen) atoms. The summed E-state index contributed by atoms with van der Waals surface area (Å²) in [5, 5.41) is 3.38. The van der Waals surface area contributed by atoms with Gasteiger partial charge in [0.15, 0.2) is 4.67 Å². The normalized spacial score (nSPS) is 12.7. The second-order valence-corrected chi connectivity index (χ2v) is 3.90. The van der Waals surface area contributed by atoms with Crippen LogP contribution < -0.4 is 5.32 Å². The molecule has 1 rings (SSSR count). The first-order valence-electron chi connectivity index (χ1n) is 4.87.